The lowest BCUT2D eigenvalue weighted by molar-refractivity contribution is -0.144. The highest BCUT2D eigenvalue weighted by Gasteiger charge is 2.34. The molecule has 0 saturated heterocycles. The first-order valence-electron chi connectivity index (χ1n) is 9.12. The van der Waals surface area contributed by atoms with Gasteiger partial charge in [-0.25, -0.2) is 19.9 Å². The van der Waals surface area contributed by atoms with E-state index in [1.807, 2.05) is 0 Å². The van der Waals surface area contributed by atoms with Gasteiger partial charge in [-0.05, 0) is 25.1 Å². The van der Waals surface area contributed by atoms with E-state index in [1.165, 1.54) is 17.0 Å². The molecule has 1 N–H and O–H groups in total. The van der Waals surface area contributed by atoms with Crippen molar-refractivity contribution in [2.24, 2.45) is 0 Å². The molecule has 4 rings (SSSR count). The number of rotatable bonds is 4. The van der Waals surface area contributed by atoms with Gasteiger partial charge in [0.1, 0.15) is 5.52 Å². The van der Waals surface area contributed by atoms with E-state index in [9.17, 15) is 23.1 Å². The molecule has 0 spiro atoms. The Kier molecular flexibility index (Phi) is 5.19. The summed E-state index contributed by atoms with van der Waals surface area (Å²) >= 11 is 0. The standard InChI is InChI=1S/C20H15F3N6O2/c1-11(9-30)29-10-27-17-14(18(29)31)5-15(28-16(17)12-3-2-4-24-6-12)13-7-25-19(26-8-13)20(21,22)23/h2-8,10-11,30H,9H2,1H3/t11-/m0/s1. The SMILES string of the molecule is C[C@@H](CO)n1cnc2c(-c3cccnc3)nc(-c3cnc(C(F)(F)F)nc3)cc2c1=O. The topological polar surface area (TPSA) is 107 Å². The molecule has 4 aromatic rings. The van der Waals surface area contributed by atoms with Crippen molar-refractivity contribution in [2.45, 2.75) is 19.1 Å². The maximum atomic E-state index is 13.1. The summed E-state index contributed by atoms with van der Waals surface area (Å²) in [5.74, 6) is -1.27. The molecule has 0 radical (unpaired) electrons. The summed E-state index contributed by atoms with van der Waals surface area (Å²) in [4.78, 5) is 32.7. The molecule has 0 aliphatic rings. The Balaban J connectivity index is 1.98. The molecule has 0 aromatic carbocycles. The molecule has 158 valence electrons. The molecule has 0 aliphatic heterocycles. The van der Waals surface area contributed by atoms with E-state index in [2.05, 4.69) is 24.9 Å². The maximum absolute atomic E-state index is 13.1. The van der Waals surface area contributed by atoms with Gasteiger partial charge in [0.15, 0.2) is 0 Å². The average molecular weight is 428 g/mol. The number of hydrogen-bond acceptors (Lipinski definition) is 7. The van der Waals surface area contributed by atoms with Gasteiger partial charge in [-0.2, -0.15) is 13.2 Å². The number of aliphatic hydroxyl groups is 1. The zero-order chi connectivity index (χ0) is 22.2. The fraction of sp³-hybridized carbons (Fsp3) is 0.200. The first-order chi connectivity index (χ1) is 14.8. The number of halogens is 3. The smallest absolute Gasteiger partial charge is 0.394 e. The minimum atomic E-state index is -4.67. The average Bonchev–Trinajstić information content (AvgIpc) is 2.78. The third-order valence-electron chi connectivity index (χ3n) is 4.64. The Morgan fingerprint density at radius 2 is 1.87 bits per heavy atom. The molecule has 0 amide bonds. The number of fused-ring (bicyclic) bond motifs is 1. The van der Waals surface area contributed by atoms with E-state index in [0.717, 1.165) is 12.4 Å². The number of aliphatic hydroxyl groups excluding tert-OH is 1. The van der Waals surface area contributed by atoms with Crippen molar-refractivity contribution in [3.8, 4) is 22.5 Å². The number of nitrogens with zero attached hydrogens (tertiary/aromatic N) is 6. The molecule has 4 heterocycles. The molecular weight excluding hydrogens is 413 g/mol. The van der Waals surface area contributed by atoms with E-state index in [4.69, 9.17) is 0 Å². The predicted octanol–water partition coefficient (Wildman–Crippen LogP) is 2.88. The molecule has 8 nitrogen and oxygen atoms in total. The quantitative estimate of drug-likeness (QED) is 0.533. The van der Waals surface area contributed by atoms with Crippen LogP contribution in [-0.2, 0) is 6.18 Å². The molecule has 1 atom stereocenters. The van der Waals surface area contributed by atoms with Crippen LogP contribution in [0.3, 0.4) is 0 Å². The monoisotopic (exact) mass is 428 g/mol. The normalized spacial score (nSPS) is 12.8. The van der Waals surface area contributed by atoms with Crippen molar-refractivity contribution < 1.29 is 18.3 Å². The molecule has 0 aliphatic carbocycles. The van der Waals surface area contributed by atoms with E-state index in [0.29, 0.717) is 16.8 Å². The third kappa shape index (κ3) is 3.87. The minimum absolute atomic E-state index is 0.187. The summed E-state index contributed by atoms with van der Waals surface area (Å²) in [6, 6.07) is 4.33. The third-order valence-corrected chi connectivity index (χ3v) is 4.64. The van der Waals surface area contributed by atoms with E-state index >= 15 is 0 Å². The maximum Gasteiger partial charge on any atom is 0.451 e. The van der Waals surface area contributed by atoms with Crippen molar-refractivity contribution in [1.29, 1.82) is 0 Å². The predicted molar refractivity (Wildman–Crippen MR) is 105 cm³/mol. The van der Waals surface area contributed by atoms with Crippen molar-refractivity contribution in [3.05, 3.63) is 65.5 Å². The van der Waals surface area contributed by atoms with Crippen LogP contribution < -0.4 is 5.56 Å². The highest BCUT2D eigenvalue weighted by atomic mass is 19.4. The lowest BCUT2D eigenvalue weighted by Gasteiger charge is -2.14. The summed E-state index contributed by atoms with van der Waals surface area (Å²) in [6.45, 7) is 1.38. The molecule has 0 unspecified atom stereocenters. The van der Waals surface area contributed by atoms with Gasteiger partial charge in [-0.15, -0.1) is 0 Å². The molecule has 0 saturated carbocycles. The molecule has 31 heavy (non-hydrogen) atoms. The van der Waals surface area contributed by atoms with Gasteiger partial charge in [0.05, 0.1) is 35.8 Å². The van der Waals surface area contributed by atoms with Crippen LogP contribution in [0.2, 0.25) is 0 Å². The van der Waals surface area contributed by atoms with E-state index < -0.39 is 23.6 Å². The fourth-order valence-electron chi connectivity index (χ4n) is 3.00. The number of hydrogen-bond donors (Lipinski definition) is 1. The van der Waals surface area contributed by atoms with Crippen LogP contribution in [0.1, 0.15) is 18.8 Å². The number of pyridine rings is 2. The summed E-state index contributed by atoms with van der Waals surface area (Å²) in [5.41, 5.74) is 1.19. The van der Waals surface area contributed by atoms with Crippen molar-refractivity contribution >= 4 is 10.9 Å². The lowest BCUT2D eigenvalue weighted by atomic mass is 10.1. The molecule has 0 fully saturated rings. The lowest BCUT2D eigenvalue weighted by Crippen LogP contribution is -2.25. The summed E-state index contributed by atoms with van der Waals surface area (Å²) < 4.78 is 39.7. The van der Waals surface area contributed by atoms with Gasteiger partial charge in [-0.3, -0.25) is 14.3 Å². The fourth-order valence-corrected chi connectivity index (χ4v) is 3.00. The van der Waals surface area contributed by atoms with Crippen molar-refractivity contribution in [3.63, 3.8) is 0 Å². The Bertz CT molecular complexity index is 1290. The van der Waals surface area contributed by atoms with Crippen molar-refractivity contribution in [1.82, 2.24) is 29.5 Å². The first kappa shape index (κ1) is 20.5. The van der Waals surface area contributed by atoms with Crippen LogP contribution in [-0.4, -0.2) is 41.2 Å². The Hall–Kier alpha value is -3.73. The number of aromatic nitrogens is 6. The van der Waals surface area contributed by atoms with Crippen LogP contribution in [0.4, 0.5) is 13.2 Å². The van der Waals surface area contributed by atoms with Crippen LogP contribution >= 0.6 is 0 Å². The summed E-state index contributed by atoms with van der Waals surface area (Å²) in [5, 5.41) is 9.61. The second-order valence-electron chi connectivity index (χ2n) is 6.78. The Morgan fingerprint density at radius 1 is 1.13 bits per heavy atom. The molecular formula is C20H15F3N6O2. The van der Waals surface area contributed by atoms with E-state index in [1.54, 1.807) is 31.5 Å². The van der Waals surface area contributed by atoms with Crippen LogP contribution in [0.15, 0.2) is 54.1 Å². The second kappa shape index (κ2) is 7.84. The highest BCUT2D eigenvalue weighted by Crippen LogP contribution is 2.30. The van der Waals surface area contributed by atoms with Crippen molar-refractivity contribution in [2.75, 3.05) is 6.61 Å². The summed E-state index contributed by atoms with van der Waals surface area (Å²) in [7, 11) is 0. The highest BCUT2D eigenvalue weighted by molar-refractivity contribution is 5.93. The largest absolute Gasteiger partial charge is 0.451 e. The van der Waals surface area contributed by atoms with Gasteiger partial charge < -0.3 is 5.11 Å². The van der Waals surface area contributed by atoms with Gasteiger partial charge in [0, 0.05) is 35.9 Å². The molecule has 0 bridgehead atoms. The van der Waals surface area contributed by atoms with Gasteiger partial charge in [0.25, 0.3) is 5.56 Å². The second-order valence-corrected chi connectivity index (χ2v) is 6.78. The molecule has 11 heteroatoms. The zero-order valence-electron chi connectivity index (χ0n) is 16.1. The Labute approximate surface area is 173 Å². The van der Waals surface area contributed by atoms with Gasteiger partial charge >= 0.3 is 6.18 Å². The van der Waals surface area contributed by atoms with E-state index in [-0.39, 0.29) is 23.3 Å². The first-order valence-corrected chi connectivity index (χ1v) is 9.12. The van der Waals surface area contributed by atoms with Gasteiger partial charge in [0.2, 0.25) is 5.82 Å². The summed E-state index contributed by atoms with van der Waals surface area (Å²) in [6.07, 6.45) is 1.77. The number of alkyl halides is 3. The molecule has 4 aromatic heterocycles. The Morgan fingerprint density at radius 3 is 2.48 bits per heavy atom. The minimum Gasteiger partial charge on any atom is -0.394 e. The van der Waals surface area contributed by atoms with Crippen LogP contribution in [0, 0.1) is 0 Å². The van der Waals surface area contributed by atoms with Crippen LogP contribution in [0.5, 0.6) is 0 Å². The zero-order valence-corrected chi connectivity index (χ0v) is 16.1. The van der Waals surface area contributed by atoms with Crippen LogP contribution in [0.25, 0.3) is 33.4 Å². The van der Waals surface area contributed by atoms with Gasteiger partial charge in [-0.1, -0.05) is 0 Å².